The zero-order chi connectivity index (χ0) is 14.3. The predicted octanol–water partition coefficient (Wildman–Crippen LogP) is 2.53. The van der Waals surface area contributed by atoms with Crippen molar-refractivity contribution in [2.24, 2.45) is 0 Å². The molecule has 2 atom stereocenters. The van der Waals surface area contributed by atoms with E-state index in [2.05, 4.69) is 5.32 Å². The lowest BCUT2D eigenvalue weighted by Crippen LogP contribution is -2.16. The van der Waals surface area contributed by atoms with Crippen molar-refractivity contribution < 1.29 is 9.00 Å². The molecule has 0 fully saturated rings. The van der Waals surface area contributed by atoms with Crippen LogP contribution in [0.2, 0.25) is 0 Å². The molecule has 5 heteroatoms. The standard InChI is InChI=1S/C14H22N2O2S/c1-3-11(2)19(18)9-5-8-14(17)16-13-7-4-6-12(15)10-13/h4,6-7,10-11H,3,5,8-9,15H2,1-2H3,(H,16,17). The second-order valence-electron chi connectivity index (χ2n) is 4.58. The molecule has 0 aromatic heterocycles. The number of nitrogen functional groups attached to an aromatic ring is 1. The van der Waals surface area contributed by atoms with Crippen LogP contribution in [0.5, 0.6) is 0 Å². The van der Waals surface area contributed by atoms with Crippen molar-refractivity contribution in [2.75, 3.05) is 16.8 Å². The number of hydrogen-bond acceptors (Lipinski definition) is 3. The third-order valence-electron chi connectivity index (χ3n) is 2.94. The van der Waals surface area contributed by atoms with Crippen molar-refractivity contribution in [1.82, 2.24) is 0 Å². The summed E-state index contributed by atoms with van der Waals surface area (Å²) in [6.07, 6.45) is 1.93. The molecule has 0 spiro atoms. The van der Waals surface area contributed by atoms with Gasteiger partial charge in [-0.1, -0.05) is 19.9 Å². The number of anilines is 2. The maximum Gasteiger partial charge on any atom is 0.224 e. The highest BCUT2D eigenvalue weighted by molar-refractivity contribution is 7.85. The number of amides is 1. The van der Waals surface area contributed by atoms with Crippen LogP contribution >= 0.6 is 0 Å². The van der Waals surface area contributed by atoms with Crippen LogP contribution in [0.15, 0.2) is 24.3 Å². The molecular formula is C14H22N2O2S. The molecular weight excluding hydrogens is 260 g/mol. The highest BCUT2D eigenvalue weighted by Gasteiger charge is 2.09. The van der Waals surface area contributed by atoms with E-state index in [-0.39, 0.29) is 11.2 Å². The molecule has 2 unspecified atom stereocenters. The van der Waals surface area contributed by atoms with E-state index >= 15 is 0 Å². The number of hydrogen-bond donors (Lipinski definition) is 2. The molecule has 3 N–H and O–H groups in total. The highest BCUT2D eigenvalue weighted by Crippen LogP contribution is 2.12. The van der Waals surface area contributed by atoms with Gasteiger partial charge in [0, 0.05) is 39.6 Å². The lowest BCUT2D eigenvalue weighted by atomic mass is 10.2. The smallest absolute Gasteiger partial charge is 0.224 e. The first-order chi connectivity index (χ1) is 9.02. The van der Waals surface area contributed by atoms with Gasteiger partial charge in [-0.2, -0.15) is 0 Å². The van der Waals surface area contributed by atoms with Crippen LogP contribution in [-0.2, 0) is 15.6 Å². The van der Waals surface area contributed by atoms with Crippen LogP contribution in [0.25, 0.3) is 0 Å². The number of rotatable bonds is 7. The van der Waals surface area contributed by atoms with E-state index in [0.29, 0.717) is 30.0 Å². The van der Waals surface area contributed by atoms with Gasteiger partial charge in [-0.3, -0.25) is 9.00 Å². The molecule has 0 aliphatic carbocycles. The molecule has 1 aromatic carbocycles. The van der Waals surface area contributed by atoms with E-state index in [1.165, 1.54) is 0 Å². The van der Waals surface area contributed by atoms with Crippen LogP contribution in [0.4, 0.5) is 11.4 Å². The summed E-state index contributed by atoms with van der Waals surface area (Å²) in [6, 6.07) is 7.08. The van der Waals surface area contributed by atoms with Gasteiger partial charge in [0.15, 0.2) is 0 Å². The molecule has 106 valence electrons. The molecule has 0 aliphatic rings. The highest BCUT2D eigenvalue weighted by atomic mass is 32.2. The summed E-state index contributed by atoms with van der Waals surface area (Å²) in [5.74, 6) is 0.520. The van der Waals surface area contributed by atoms with Crippen molar-refractivity contribution in [3.63, 3.8) is 0 Å². The molecule has 0 bridgehead atoms. The van der Waals surface area contributed by atoms with Crippen LogP contribution in [0.3, 0.4) is 0 Å². The predicted molar refractivity (Wildman–Crippen MR) is 81.5 cm³/mol. The van der Waals surface area contributed by atoms with E-state index < -0.39 is 10.8 Å². The topological polar surface area (TPSA) is 72.2 Å². The molecule has 0 aliphatic heterocycles. The van der Waals surface area contributed by atoms with Gasteiger partial charge in [0.25, 0.3) is 0 Å². The fourth-order valence-corrected chi connectivity index (χ4v) is 2.80. The third kappa shape index (κ3) is 5.87. The average Bonchev–Trinajstić information content (AvgIpc) is 2.37. The number of benzene rings is 1. The van der Waals surface area contributed by atoms with Gasteiger partial charge in [-0.25, -0.2) is 0 Å². The molecule has 1 amide bonds. The van der Waals surface area contributed by atoms with E-state index in [1.807, 2.05) is 13.8 Å². The van der Waals surface area contributed by atoms with Gasteiger partial charge >= 0.3 is 0 Å². The molecule has 4 nitrogen and oxygen atoms in total. The van der Waals surface area contributed by atoms with Crippen LogP contribution < -0.4 is 11.1 Å². The molecule has 1 rings (SSSR count). The minimum absolute atomic E-state index is 0.0632. The summed E-state index contributed by atoms with van der Waals surface area (Å²) < 4.78 is 11.7. The number of carbonyl (C=O) groups excluding carboxylic acids is 1. The van der Waals surface area contributed by atoms with Gasteiger partial charge in [-0.15, -0.1) is 0 Å². The maximum atomic E-state index is 11.7. The van der Waals surface area contributed by atoms with E-state index in [4.69, 9.17) is 5.73 Å². The Morgan fingerprint density at radius 2 is 2.21 bits per heavy atom. The Labute approximate surface area is 117 Å². The fraction of sp³-hybridized carbons (Fsp3) is 0.500. The minimum atomic E-state index is -0.831. The molecule has 0 radical (unpaired) electrons. The van der Waals surface area contributed by atoms with Gasteiger partial charge in [-0.05, 0) is 31.0 Å². The van der Waals surface area contributed by atoms with Gasteiger partial charge in [0.1, 0.15) is 0 Å². The van der Waals surface area contributed by atoms with Crippen molar-refractivity contribution in [1.29, 1.82) is 0 Å². The molecule has 0 heterocycles. The van der Waals surface area contributed by atoms with Crippen LogP contribution in [0.1, 0.15) is 33.1 Å². The fourth-order valence-electron chi connectivity index (χ4n) is 1.60. The number of carbonyl (C=O) groups is 1. The second kappa shape index (κ2) is 7.94. The second-order valence-corrected chi connectivity index (χ2v) is 6.56. The first-order valence-corrected chi connectivity index (χ1v) is 7.93. The summed E-state index contributed by atoms with van der Waals surface area (Å²) in [6.45, 7) is 4.00. The summed E-state index contributed by atoms with van der Waals surface area (Å²) in [4.78, 5) is 11.7. The molecule has 0 saturated carbocycles. The Morgan fingerprint density at radius 3 is 2.84 bits per heavy atom. The maximum absolute atomic E-state index is 11.7. The quantitative estimate of drug-likeness (QED) is 0.755. The Bertz CT molecular complexity index is 449. The summed E-state index contributed by atoms with van der Waals surface area (Å²) in [5, 5.41) is 2.99. The van der Waals surface area contributed by atoms with Crippen LogP contribution in [0, 0.1) is 0 Å². The molecule has 19 heavy (non-hydrogen) atoms. The van der Waals surface area contributed by atoms with Crippen molar-refractivity contribution in [2.45, 2.75) is 38.4 Å². The first kappa shape index (κ1) is 15.7. The molecule has 1 aromatic rings. The molecule has 0 saturated heterocycles. The van der Waals surface area contributed by atoms with Crippen molar-refractivity contribution in [3.8, 4) is 0 Å². The van der Waals surface area contributed by atoms with E-state index in [9.17, 15) is 9.00 Å². The Kier molecular flexibility index (Phi) is 6.56. The lowest BCUT2D eigenvalue weighted by molar-refractivity contribution is -0.116. The Hall–Kier alpha value is -1.36. The average molecular weight is 282 g/mol. The van der Waals surface area contributed by atoms with Gasteiger partial charge < -0.3 is 11.1 Å². The Morgan fingerprint density at radius 1 is 1.47 bits per heavy atom. The van der Waals surface area contributed by atoms with E-state index in [0.717, 1.165) is 6.42 Å². The van der Waals surface area contributed by atoms with Crippen LogP contribution in [-0.4, -0.2) is 21.1 Å². The van der Waals surface area contributed by atoms with Gasteiger partial charge in [0.05, 0.1) is 0 Å². The zero-order valence-electron chi connectivity index (χ0n) is 11.5. The summed E-state index contributed by atoms with van der Waals surface area (Å²) >= 11 is 0. The number of nitrogens with one attached hydrogen (secondary N) is 1. The monoisotopic (exact) mass is 282 g/mol. The first-order valence-electron chi connectivity index (χ1n) is 6.55. The number of nitrogens with two attached hydrogens (primary N) is 1. The lowest BCUT2D eigenvalue weighted by Gasteiger charge is -2.09. The normalized spacial score (nSPS) is 13.8. The SMILES string of the molecule is CCC(C)S(=O)CCCC(=O)Nc1cccc(N)c1. The summed E-state index contributed by atoms with van der Waals surface area (Å²) in [7, 11) is -0.831. The zero-order valence-corrected chi connectivity index (χ0v) is 12.3. The third-order valence-corrected chi connectivity index (χ3v) is 4.87. The van der Waals surface area contributed by atoms with Crippen molar-refractivity contribution >= 4 is 28.1 Å². The Balaban J connectivity index is 2.31. The van der Waals surface area contributed by atoms with Crippen molar-refractivity contribution in [3.05, 3.63) is 24.3 Å². The minimum Gasteiger partial charge on any atom is -0.399 e. The van der Waals surface area contributed by atoms with Gasteiger partial charge in [0.2, 0.25) is 5.91 Å². The summed E-state index contributed by atoms with van der Waals surface area (Å²) in [5.41, 5.74) is 6.95. The largest absolute Gasteiger partial charge is 0.399 e. The van der Waals surface area contributed by atoms with E-state index in [1.54, 1.807) is 24.3 Å².